The van der Waals surface area contributed by atoms with Gasteiger partial charge in [-0.05, 0) is 48.9 Å². The lowest BCUT2D eigenvalue weighted by Crippen LogP contribution is -2.32. The maximum absolute atomic E-state index is 12.5. The molecule has 2 aromatic heterocycles. The number of hydrogen-bond donors (Lipinski definition) is 0. The number of carbonyl (C=O) groups is 1. The summed E-state index contributed by atoms with van der Waals surface area (Å²) in [6.45, 7) is 3.81. The van der Waals surface area contributed by atoms with E-state index in [0.717, 1.165) is 11.8 Å². The lowest BCUT2D eigenvalue weighted by Gasteiger charge is -2.26. The van der Waals surface area contributed by atoms with Crippen molar-refractivity contribution in [2.24, 2.45) is 0 Å². The van der Waals surface area contributed by atoms with Gasteiger partial charge in [0.2, 0.25) is 17.4 Å². The van der Waals surface area contributed by atoms with Gasteiger partial charge in [-0.3, -0.25) is 4.79 Å². The van der Waals surface area contributed by atoms with Crippen LogP contribution < -0.4 is 9.47 Å². The van der Waals surface area contributed by atoms with Crippen LogP contribution in [-0.4, -0.2) is 37.3 Å². The zero-order chi connectivity index (χ0) is 24.3. The zero-order valence-electron chi connectivity index (χ0n) is 19.1. The molecule has 0 aliphatic rings. The number of methoxy groups -OCH3 is 2. The Morgan fingerprint density at radius 3 is 2.18 bits per heavy atom. The van der Waals surface area contributed by atoms with Gasteiger partial charge in [0, 0.05) is 24.7 Å². The molecule has 2 aromatic carbocycles. The van der Waals surface area contributed by atoms with Crippen molar-refractivity contribution in [2.45, 2.75) is 19.4 Å². The molecule has 34 heavy (non-hydrogen) atoms. The summed E-state index contributed by atoms with van der Waals surface area (Å²) in [6.07, 6.45) is 0.730. The van der Waals surface area contributed by atoms with Gasteiger partial charge in [0.05, 0.1) is 14.2 Å². The normalized spacial score (nSPS) is 12.9. The van der Waals surface area contributed by atoms with E-state index in [1.807, 2.05) is 6.92 Å². The largest absolute Gasteiger partial charge is 0.495 e. The lowest BCUT2D eigenvalue weighted by atomic mass is 9.91. The van der Waals surface area contributed by atoms with E-state index in [1.54, 1.807) is 55.5 Å². The smallest absolute Gasteiger partial charge is 0.247 e. The fraction of sp³-hybridized carbons (Fsp3) is 0.240. The first kappa shape index (κ1) is 23.5. The molecule has 9 heteroatoms. The van der Waals surface area contributed by atoms with Gasteiger partial charge < -0.3 is 23.0 Å². The number of ether oxygens (including phenoxy) is 3. The third-order valence-electron chi connectivity index (χ3n) is 5.33. The fourth-order valence-corrected chi connectivity index (χ4v) is 3.93. The molecular weight excluding hydrogens is 460 g/mol. The van der Waals surface area contributed by atoms with Crippen molar-refractivity contribution in [3.63, 3.8) is 0 Å². The van der Waals surface area contributed by atoms with Crippen molar-refractivity contribution in [3.8, 4) is 34.3 Å². The molecule has 0 bridgehead atoms. The summed E-state index contributed by atoms with van der Waals surface area (Å²) >= 11 is 6.29. The molecule has 1 unspecified atom stereocenters. The molecule has 176 valence electrons. The minimum atomic E-state index is -1.45. The van der Waals surface area contributed by atoms with Crippen LogP contribution in [0.4, 0.5) is 0 Å². The lowest BCUT2D eigenvalue weighted by molar-refractivity contribution is -0.128. The molecular formula is C25H23ClN2O6. The summed E-state index contributed by atoms with van der Waals surface area (Å²) in [7, 11) is 3.04. The number of aldehydes is 1. The van der Waals surface area contributed by atoms with Crippen molar-refractivity contribution in [3.05, 3.63) is 70.8 Å². The maximum atomic E-state index is 12.5. The van der Waals surface area contributed by atoms with E-state index in [4.69, 9.17) is 34.6 Å². The Morgan fingerprint density at radius 1 is 0.971 bits per heavy atom. The van der Waals surface area contributed by atoms with Crippen molar-refractivity contribution in [2.75, 3.05) is 20.8 Å². The van der Waals surface area contributed by atoms with E-state index in [-0.39, 0.29) is 6.61 Å². The van der Waals surface area contributed by atoms with Crippen LogP contribution in [-0.2, 0) is 15.1 Å². The molecule has 4 rings (SSSR count). The second kappa shape index (κ2) is 9.70. The Hall–Kier alpha value is -3.62. The average molecular weight is 483 g/mol. The number of halogens is 1. The number of aromatic nitrogens is 2. The Balaban J connectivity index is 1.75. The zero-order valence-corrected chi connectivity index (χ0v) is 19.9. The average Bonchev–Trinajstić information content (AvgIpc) is 3.53. The molecule has 0 amide bonds. The minimum absolute atomic E-state index is 0.280. The SMILES string of the molecule is CCOC(C=O)(c1ccc(-c2nnc(C)o2)cc1)c1ccc(-c2cc(OC)c(Cl)c(OC)c2)o1. The van der Waals surface area contributed by atoms with Gasteiger partial charge >= 0.3 is 0 Å². The van der Waals surface area contributed by atoms with Gasteiger partial charge in [-0.25, -0.2) is 0 Å². The molecule has 0 aliphatic heterocycles. The molecule has 4 aromatic rings. The molecule has 0 fully saturated rings. The number of nitrogens with zero attached hydrogens (tertiary/aromatic N) is 2. The van der Waals surface area contributed by atoms with Crippen LogP contribution >= 0.6 is 11.6 Å². The van der Waals surface area contributed by atoms with E-state index in [0.29, 0.717) is 51.0 Å². The second-order valence-electron chi connectivity index (χ2n) is 7.35. The highest BCUT2D eigenvalue weighted by atomic mass is 35.5. The number of hydrogen-bond acceptors (Lipinski definition) is 8. The number of rotatable bonds is 9. The summed E-state index contributed by atoms with van der Waals surface area (Å²) in [5.74, 6) is 2.55. The molecule has 0 N–H and O–H groups in total. The number of furan rings is 1. The minimum Gasteiger partial charge on any atom is -0.495 e. The van der Waals surface area contributed by atoms with Gasteiger partial charge in [-0.2, -0.15) is 0 Å². The molecule has 0 spiro atoms. The van der Waals surface area contributed by atoms with Gasteiger partial charge in [0.1, 0.15) is 28.0 Å². The molecule has 2 heterocycles. The number of aryl methyl sites for hydroxylation is 1. The first-order valence-electron chi connectivity index (χ1n) is 10.5. The van der Waals surface area contributed by atoms with Gasteiger partial charge in [-0.15, -0.1) is 10.2 Å². The van der Waals surface area contributed by atoms with Crippen molar-refractivity contribution in [1.29, 1.82) is 0 Å². The highest BCUT2D eigenvalue weighted by molar-refractivity contribution is 6.33. The quantitative estimate of drug-likeness (QED) is 0.290. The highest BCUT2D eigenvalue weighted by Gasteiger charge is 2.39. The molecule has 0 saturated heterocycles. The van der Waals surface area contributed by atoms with Gasteiger partial charge in [-0.1, -0.05) is 23.7 Å². The van der Waals surface area contributed by atoms with Crippen LogP contribution in [0.1, 0.15) is 24.1 Å². The summed E-state index contributed by atoms with van der Waals surface area (Å²) < 4.78 is 28.3. The van der Waals surface area contributed by atoms with E-state index in [9.17, 15) is 4.79 Å². The predicted molar refractivity (Wildman–Crippen MR) is 125 cm³/mol. The van der Waals surface area contributed by atoms with Crippen LogP contribution in [0.2, 0.25) is 5.02 Å². The van der Waals surface area contributed by atoms with Crippen LogP contribution in [0.15, 0.2) is 57.4 Å². The van der Waals surface area contributed by atoms with E-state index < -0.39 is 5.60 Å². The molecule has 0 radical (unpaired) electrons. The van der Waals surface area contributed by atoms with Crippen LogP contribution in [0, 0.1) is 6.92 Å². The Kier molecular flexibility index (Phi) is 6.72. The van der Waals surface area contributed by atoms with E-state index >= 15 is 0 Å². The van der Waals surface area contributed by atoms with Crippen LogP contribution in [0.25, 0.3) is 22.8 Å². The summed E-state index contributed by atoms with van der Waals surface area (Å²) in [5.41, 5.74) is 0.539. The summed E-state index contributed by atoms with van der Waals surface area (Å²) in [4.78, 5) is 12.5. The first-order valence-corrected chi connectivity index (χ1v) is 10.9. The monoisotopic (exact) mass is 482 g/mol. The Bertz CT molecular complexity index is 1270. The van der Waals surface area contributed by atoms with Gasteiger partial charge in [0.25, 0.3) is 0 Å². The van der Waals surface area contributed by atoms with E-state index in [1.165, 1.54) is 14.2 Å². The van der Waals surface area contributed by atoms with Crippen molar-refractivity contribution in [1.82, 2.24) is 10.2 Å². The molecule has 0 saturated carbocycles. The van der Waals surface area contributed by atoms with Crippen molar-refractivity contribution < 1.29 is 27.8 Å². The Morgan fingerprint density at radius 2 is 1.65 bits per heavy atom. The maximum Gasteiger partial charge on any atom is 0.247 e. The predicted octanol–water partition coefficient (Wildman–Crippen LogP) is 5.45. The summed E-state index contributed by atoms with van der Waals surface area (Å²) in [6, 6.07) is 14.1. The van der Waals surface area contributed by atoms with Crippen LogP contribution in [0.5, 0.6) is 11.5 Å². The van der Waals surface area contributed by atoms with E-state index in [2.05, 4.69) is 10.2 Å². The Labute approximate surface area is 201 Å². The fourth-order valence-electron chi connectivity index (χ4n) is 3.66. The third-order valence-corrected chi connectivity index (χ3v) is 5.70. The molecule has 8 nitrogen and oxygen atoms in total. The van der Waals surface area contributed by atoms with Crippen molar-refractivity contribution >= 4 is 17.9 Å². The standard InChI is InChI=1S/C25H23ClN2O6/c1-5-32-25(14-29,18-8-6-16(7-9-18)24-28-27-15(2)33-24)22-11-10-19(34-22)17-12-20(30-3)23(26)21(13-17)31-4/h6-14H,5H2,1-4H3. The van der Waals surface area contributed by atoms with Crippen LogP contribution in [0.3, 0.4) is 0 Å². The molecule has 1 atom stereocenters. The number of benzene rings is 2. The number of carbonyl (C=O) groups excluding carboxylic acids is 1. The first-order chi connectivity index (χ1) is 16.4. The molecule has 0 aliphatic carbocycles. The third kappa shape index (κ3) is 4.18. The highest BCUT2D eigenvalue weighted by Crippen LogP contribution is 2.41. The topological polar surface area (TPSA) is 96.8 Å². The second-order valence-corrected chi connectivity index (χ2v) is 7.73. The summed E-state index contributed by atoms with van der Waals surface area (Å²) in [5, 5.41) is 8.23. The van der Waals surface area contributed by atoms with Gasteiger partial charge in [0.15, 0.2) is 6.29 Å².